The molecule has 0 spiro atoms. The maximum absolute atomic E-state index is 12.4. The number of piperidine rings is 1. The van der Waals surface area contributed by atoms with Crippen LogP contribution in [-0.4, -0.2) is 54.0 Å². The lowest BCUT2D eigenvalue weighted by molar-refractivity contribution is -0.135. The lowest BCUT2D eigenvalue weighted by atomic mass is 9.85. The van der Waals surface area contributed by atoms with Gasteiger partial charge < -0.3 is 10.6 Å². The molecule has 2 N–H and O–H groups in total. The number of amides is 1. The van der Waals surface area contributed by atoms with Crippen LogP contribution >= 0.6 is 0 Å². The molecule has 2 aliphatic heterocycles. The van der Waals surface area contributed by atoms with E-state index in [1.165, 1.54) is 25.8 Å². The summed E-state index contributed by atoms with van der Waals surface area (Å²) in [5, 5.41) is 0. The Labute approximate surface area is 117 Å². The van der Waals surface area contributed by atoms with Crippen molar-refractivity contribution in [3.8, 4) is 0 Å². The molecule has 2 fully saturated rings. The molecule has 2 atom stereocenters. The number of carbonyl (C=O) groups excluding carboxylic acids is 1. The van der Waals surface area contributed by atoms with Crippen molar-refractivity contribution >= 4 is 5.91 Å². The first-order valence-electron chi connectivity index (χ1n) is 7.65. The summed E-state index contributed by atoms with van der Waals surface area (Å²) in [5.74, 6) is 0.243. The van der Waals surface area contributed by atoms with Gasteiger partial charge in [0.25, 0.3) is 0 Å². The molecular weight excluding hydrogens is 238 g/mol. The van der Waals surface area contributed by atoms with E-state index in [-0.39, 0.29) is 17.4 Å². The van der Waals surface area contributed by atoms with Gasteiger partial charge in [-0.05, 0) is 24.8 Å². The summed E-state index contributed by atoms with van der Waals surface area (Å²) in [4.78, 5) is 16.9. The minimum atomic E-state index is -0.0515. The topological polar surface area (TPSA) is 49.6 Å². The number of fused-ring (bicyclic) bond motifs is 1. The first kappa shape index (κ1) is 14.8. The van der Waals surface area contributed by atoms with Crippen molar-refractivity contribution in [2.24, 2.45) is 11.1 Å². The van der Waals surface area contributed by atoms with E-state index < -0.39 is 0 Å². The van der Waals surface area contributed by atoms with Gasteiger partial charge in [0.1, 0.15) is 0 Å². The second-order valence-electron chi connectivity index (χ2n) is 7.20. The van der Waals surface area contributed by atoms with Gasteiger partial charge in [-0.3, -0.25) is 9.69 Å². The zero-order valence-corrected chi connectivity index (χ0v) is 12.7. The molecule has 2 rings (SSSR count). The van der Waals surface area contributed by atoms with Crippen LogP contribution in [0.25, 0.3) is 0 Å². The molecule has 2 aliphatic rings. The molecule has 110 valence electrons. The number of rotatable bonds is 2. The molecule has 0 aromatic heterocycles. The first-order valence-corrected chi connectivity index (χ1v) is 7.65. The highest BCUT2D eigenvalue weighted by atomic mass is 16.2. The second kappa shape index (κ2) is 5.80. The fourth-order valence-electron chi connectivity index (χ4n) is 3.01. The SMILES string of the molecule is CC(C)(C)C(N)CC(=O)N1CCN2CCCCC2C1. The van der Waals surface area contributed by atoms with Crippen LogP contribution in [0.4, 0.5) is 0 Å². The molecule has 2 saturated heterocycles. The molecule has 0 aromatic rings. The van der Waals surface area contributed by atoms with E-state index in [0.29, 0.717) is 12.5 Å². The first-order chi connectivity index (χ1) is 8.88. The Bertz CT molecular complexity index is 324. The number of nitrogens with two attached hydrogens (primary N) is 1. The zero-order chi connectivity index (χ0) is 14.0. The summed E-state index contributed by atoms with van der Waals surface area (Å²) < 4.78 is 0. The van der Waals surface area contributed by atoms with Gasteiger partial charge in [0.15, 0.2) is 0 Å². The van der Waals surface area contributed by atoms with E-state index in [0.717, 1.165) is 19.6 Å². The summed E-state index contributed by atoms with van der Waals surface area (Å²) in [6.07, 6.45) is 4.36. The third-order valence-electron chi connectivity index (χ3n) is 4.70. The summed E-state index contributed by atoms with van der Waals surface area (Å²) >= 11 is 0. The Balaban J connectivity index is 1.87. The van der Waals surface area contributed by atoms with Gasteiger partial charge >= 0.3 is 0 Å². The Morgan fingerprint density at radius 2 is 2.00 bits per heavy atom. The second-order valence-corrected chi connectivity index (χ2v) is 7.20. The Kier molecular flexibility index (Phi) is 4.51. The van der Waals surface area contributed by atoms with Crippen molar-refractivity contribution in [1.29, 1.82) is 0 Å². The standard InChI is InChI=1S/C15H29N3O/c1-15(2,3)13(16)10-14(19)18-9-8-17-7-5-4-6-12(17)11-18/h12-13H,4-11,16H2,1-3H3. The van der Waals surface area contributed by atoms with Gasteiger partial charge in [-0.25, -0.2) is 0 Å². The Morgan fingerprint density at radius 3 is 2.68 bits per heavy atom. The third kappa shape index (κ3) is 3.69. The van der Waals surface area contributed by atoms with E-state index in [1.807, 2.05) is 4.90 Å². The van der Waals surface area contributed by atoms with Crippen molar-refractivity contribution in [2.45, 2.75) is 58.5 Å². The molecular formula is C15H29N3O. The smallest absolute Gasteiger partial charge is 0.224 e. The van der Waals surface area contributed by atoms with E-state index in [4.69, 9.17) is 5.73 Å². The van der Waals surface area contributed by atoms with Crippen LogP contribution in [0.15, 0.2) is 0 Å². The van der Waals surface area contributed by atoms with E-state index >= 15 is 0 Å². The molecule has 4 nitrogen and oxygen atoms in total. The van der Waals surface area contributed by atoms with Crippen LogP contribution in [0.5, 0.6) is 0 Å². The molecule has 19 heavy (non-hydrogen) atoms. The number of hydrogen-bond acceptors (Lipinski definition) is 3. The Hall–Kier alpha value is -0.610. The molecule has 0 aromatic carbocycles. The highest BCUT2D eigenvalue weighted by molar-refractivity contribution is 5.77. The summed E-state index contributed by atoms with van der Waals surface area (Å²) in [6, 6.07) is 0.543. The van der Waals surface area contributed by atoms with Crippen molar-refractivity contribution in [1.82, 2.24) is 9.80 Å². The quantitative estimate of drug-likeness (QED) is 0.824. The van der Waals surface area contributed by atoms with Gasteiger partial charge in [0, 0.05) is 38.1 Å². The minimum Gasteiger partial charge on any atom is -0.340 e. The molecule has 0 saturated carbocycles. The molecule has 2 unspecified atom stereocenters. The van der Waals surface area contributed by atoms with E-state index in [9.17, 15) is 4.79 Å². The summed E-state index contributed by atoms with van der Waals surface area (Å²) in [5.41, 5.74) is 6.13. The number of nitrogens with zero attached hydrogens (tertiary/aromatic N) is 2. The van der Waals surface area contributed by atoms with Crippen LogP contribution in [0.1, 0.15) is 46.5 Å². The monoisotopic (exact) mass is 267 g/mol. The van der Waals surface area contributed by atoms with Gasteiger partial charge in [0.05, 0.1) is 0 Å². The van der Waals surface area contributed by atoms with Crippen LogP contribution in [-0.2, 0) is 4.79 Å². The molecule has 0 aliphatic carbocycles. The fraction of sp³-hybridized carbons (Fsp3) is 0.933. The summed E-state index contributed by atoms with van der Waals surface area (Å²) in [6.45, 7) is 10.4. The fourth-order valence-corrected chi connectivity index (χ4v) is 3.01. The normalized spacial score (nSPS) is 26.9. The minimum absolute atomic E-state index is 0.00230. The number of piperazine rings is 1. The largest absolute Gasteiger partial charge is 0.340 e. The average molecular weight is 267 g/mol. The predicted molar refractivity (Wildman–Crippen MR) is 77.8 cm³/mol. The highest BCUT2D eigenvalue weighted by Gasteiger charge is 2.32. The van der Waals surface area contributed by atoms with Crippen molar-refractivity contribution in [3.05, 3.63) is 0 Å². The highest BCUT2D eigenvalue weighted by Crippen LogP contribution is 2.24. The number of hydrogen-bond donors (Lipinski definition) is 1. The lowest BCUT2D eigenvalue weighted by Gasteiger charge is -2.44. The maximum atomic E-state index is 12.4. The maximum Gasteiger partial charge on any atom is 0.224 e. The van der Waals surface area contributed by atoms with Crippen molar-refractivity contribution < 1.29 is 4.79 Å². The molecule has 2 heterocycles. The lowest BCUT2D eigenvalue weighted by Crippen LogP contribution is -2.57. The van der Waals surface area contributed by atoms with Gasteiger partial charge in [-0.1, -0.05) is 27.2 Å². The number of carbonyl (C=O) groups is 1. The van der Waals surface area contributed by atoms with Gasteiger partial charge in [-0.15, -0.1) is 0 Å². The van der Waals surface area contributed by atoms with Crippen molar-refractivity contribution in [3.63, 3.8) is 0 Å². The Morgan fingerprint density at radius 1 is 1.26 bits per heavy atom. The predicted octanol–water partition coefficient (Wildman–Crippen LogP) is 1.45. The molecule has 0 bridgehead atoms. The zero-order valence-electron chi connectivity index (χ0n) is 12.7. The van der Waals surface area contributed by atoms with Crippen LogP contribution in [0, 0.1) is 5.41 Å². The van der Waals surface area contributed by atoms with Gasteiger partial charge in [0.2, 0.25) is 5.91 Å². The van der Waals surface area contributed by atoms with Gasteiger partial charge in [-0.2, -0.15) is 0 Å². The molecule has 0 radical (unpaired) electrons. The summed E-state index contributed by atoms with van der Waals surface area (Å²) in [7, 11) is 0. The molecule has 1 amide bonds. The van der Waals surface area contributed by atoms with Crippen molar-refractivity contribution in [2.75, 3.05) is 26.2 Å². The van der Waals surface area contributed by atoms with Crippen LogP contribution in [0.3, 0.4) is 0 Å². The third-order valence-corrected chi connectivity index (χ3v) is 4.70. The van der Waals surface area contributed by atoms with Crippen LogP contribution < -0.4 is 5.73 Å². The average Bonchev–Trinajstić information content (AvgIpc) is 2.37. The molecule has 4 heteroatoms. The van der Waals surface area contributed by atoms with E-state index in [2.05, 4.69) is 25.7 Å². The van der Waals surface area contributed by atoms with Crippen LogP contribution in [0.2, 0.25) is 0 Å². The van der Waals surface area contributed by atoms with E-state index in [1.54, 1.807) is 0 Å².